The lowest BCUT2D eigenvalue weighted by Crippen LogP contribution is -2.59. The number of hydrogen-bond donors (Lipinski definition) is 0. The Labute approximate surface area is 98.1 Å². The van der Waals surface area contributed by atoms with Gasteiger partial charge in [0.2, 0.25) is 7.37 Å². The van der Waals surface area contributed by atoms with Crippen molar-refractivity contribution < 1.29 is 18.9 Å². The van der Waals surface area contributed by atoms with Crippen LogP contribution < -0.4 is 0 Å². The van der Waals surface area contributed by atoms with Crippen molar-refractivity contribution in [1.82, 2.24) is 0 Å². The van der Waals surface area contributed by atoms with Crippen LogP contribution in [0.15, 0.2) is 0 Å². The van der Waals surface area contributed by atoms with Crippen LogP contribution in [0.3, 0.4) is 0 Å². The summed E-state index contributed by atoms with van der Waals surface area (Å²) >= 11 is 0. The van der Waals surface area contributed by atoms with Crippen LogP contribution in [0.4, 0.5) is 0 Å². The van der Waals surface area contributed by atoms with Gasteiger partial charge in [-0.05, 0) is 6.92 Å². The van der Waals surface area contributed by atoms with E-state index in [2.05, 4.69) is 0 Å². The van der Waals surface area contributed by atoms with Gasteiger partial charge < -0.3 is 4.52 Å². The molecule has 1 aliphatic rings. The lowest BCUT2D eigenvalue weighted by Gasteiger charge is -2.24. The third-order valence-electron chi connectivity index (χ3n) is 3.43. The molecule has 1 rings (SSSR count). The van der Waals surface area contributed by atoms with Crippen LogP contribution in [0.1, 0.15) is 20.8 Å². The summed E-state index contributed by atoms with van der Waals surface area (Å²) in [6, 6.07) is 0. The minimum atomic E-state index is -3.30. The highest BCUT2D eigenvalue weighted by Gasteiger charge is 2.74. The van der Waals surface area contributed by atoms with Gasteiger partial charge in [-0.25, -0.2) is 0 Å². The lowest BCUT2D eigenvalue weighted by atomic mass is 9.84. The summed E-state index contributed by atoms with van der Waals surface area (Å²) in [7, 11) is -3.30. The topological polar surface area (TPSA) is 113 Å². The summed E-state index contributed by atoms with van der Waals surface area (Å²) in [5, 5.41) is 22.1. The van der Waals surface area contributed by atoms with Crippen molar-refractivity contribution in [2.45, 2.75) is 31.8 Å². The van der Waals surface area contributed by atoms with E-state index in [0.717, 1.165) is 13.8 Å². The largest absolute Gasteiger partial charge is 0.328 e. The number of rotatable bonds is 4. The molecule has 0 bridgehead atoms. The monoisotopic (exact) mass is 266 g/mol. The highest BCUT2D eigenvalue weighted by molar-refractivity contribution is 7.59. The zero-order valence-corrected chi connectivity index (χ0v) is 10.8. The lowest BCUT2D eigenvalue weighted by molar-refractivity contribution is -0.668. The molecule has 8 nitrogen and oxygen atoms in total. The normalized spacial score (nSPS) is 41.4. The molecule has 9 heteroatoms. The second kappa shape index (κ2) is 4.03. The molecule has 1 fully saturated rings. The van der Waals surface area contributed by atoms with Crippen LogP contribution in [0, 0.1) is 20.2 Å². The molecule has 0 N–H and O–H groups in total. The third kappa shape index (κ3) is 1.95. The Bertz CT molecular complexity index is 381. The van der Waals surface area contributed by atoms with Crippen LogP contribution >= 0.6 is 7.37 Å². The van der Waals surface area contributed by atoms with Gasteiger partial charge in [0.05, 0.1) is 6.61 Å². The van der Waals surface area contributed by atoms with E-state index >= 15 is 0 Å². The van der Waals surface area contributed by atoms with Crippen molar-refractivity contribution in [1.29, 1.82) is 0 Å². The van der Waals surface area contributed by atoms with Gasteiger partial charge in [0.25, 0.3) is 11.1 Å². The molecule has 0 aliphatic carbocycles. The minimum Gasteiger partial charge on any atom is -0.328 e. The Morgan fingerprint density at radius 3 is 1.76 bits per heavy atom. The summed E-state index contributed by atoms with van der Waals surface area (Å²) < 4.78 is 17.3. The van der Waals surface area contributed by atoms with E-state index in [9.17, 15) is 24.8 Å². The molecule has 1 heterocycles. The average Bonchev–Trinajstić information content (AvgIpc) is 2.36. The highest BCUT2D eigenvalue weighted by Crippen LogP contribution is 2.61. The van der Waals surface area contributed by atoms with Crippen LogP contribution in [0.2, 0.25) is 0 Å². The zero-order valence-electron chi connectivity index (χ0n) is 9.91. The van der Waals surface area contributed by atoms with Gasteiger partial charge >= 0.3 is 0 Å². The Balaban J connectivity index is 3.26. The van der Waals surface area contributed by atoms with Crippen molar-refractivity contribution in [2.24, 2.45) is 0 Å². The van der Waals surface area contributed by atoms with Crippen LogP contribution in [-0.2, 0) is 9.09 Å². The van der Waals surface area contributed by atoms with E-state index in [-0.39, 0.29) is 6.61 Å². The summed E-state index contributed by atoms with van der Waals surface area (Å²) in [5.41, 5.74) is -3.72. The minimum absolute atomic E-state index is 0.124. The molecular formula is C8H15N2O6P. The van der Waals surface area contributed by atoms with E-state index in [1.54, 1.807) is 6.92 Å². The summed E-state index contributed by atoms with van der Waals surface area (Å²) in [4.78, 5) is 20.7. The Kier molecular flexibility index (Phi) is 3.33. The molecule has 0 spiro atoms. The number of hydrogen-bond acceptors (Lipinski definition) is 6. The predicted molar refractivity (Wildman–Crippen MR) is 59.8 cm³/mol. The van der Waals surface area contributed by atoms with E-state index in [0.29, 0.717) is 0 Å². The Morgan fingerprint density at radius 2 is 1.53 bits per heavy atom. The van der Waals surface area contributed by atoms with Gasteiger partial charge in [-0.2, -0.15) is 0 Å². The fraction of sp³-hybridized carbons (Fsp3) is 1.00. The smallest absolute Gasteiger partial charge is 0.297 e. The van der Waals surface area contributed by atoms with E-state index in [1.165, 1.54) is 0 Å². The SMILES string of the molecule is CCOP1(=O)CC(C)([N+](=O)[O-])C(C)([N+](=O)[O-])C1. The molecule has 2 unspecified atom stereocenters. The summed E-state index contributed by atoms with van der Waals surface area (Å²) in [6.45, 7) is 4.05. The Hall–Kier alpha value is -1.01. The first kappa shape index (κ1) is 14.1. The van der Waals surface area contributed by atoms with Gasteiger partial charge in [0.1, 0.15) is 12.3 Å². The summed E-state index contributed by atoms with van der Waals surface area (Å²) in [6.07, 6.45) is -0.781. The van der Waals surface area contributed by atoms with Crippen LogP contribution in [0.25, 0.3) is 0 Å². The van der Waals surface area contributed by atoms with E-state index in [4.69, 9.17) is 4.52 Å². The average molecular weight is 266 g/mol. The molecule has 0 aromatic rings. The zero-order chi connectivity index (χ0) is 13.5. The van der Waals surface area contributed by atoms with E-state index in [1.807, 2.05) is 0 Å². The van der Waals surface area contributed by atoms with Gasteiger partial charge in [-0.1, -0.05) is 0 Å². The highest BCUT2D eigenvalue weighted by atomic mass is 31.2. The molecule has 1 saturated heterocycles. The van der Waals surface area contributed by atoms with Gasteiger partial charge in [-0.3, -0.25) is 24.8 Å². The van der Waals surface area contributed by atoms with Gasteiger partial charge in [0, 0.05) is 23.7 Å². The van der Waals surface area contributed by atoms with Crippen molar-refractivity contribution in [3.63, 3.8) is 0 Å². The van der Waals surface area contributed by atoms with Gasteiger partial charge in [-0.15, -0.1) is 0 Å². The Morgan fingerprint density at radius 1 is 1.18 bits per heavy atom. The molecular weight excluding hydrogens is 251 g/mol. The molecule has 0 amide bonds. The third-order valence-corrected chi connectivity index (χ3v) is 6.35. The van der Waals surface area contributed by atoms with Crippen molar-refractivity contribution >= 4 is 7.37 Å². The fourth-order valence-electron chi connectivity index (χ4n) is 2.17. The maximum atomic E-state index is 12.2. The maximum absolute atomic E-state index is 12.2. The first-order chi connectivity index (χ1) is 7.61. The predicted octanol–water partition coefficient (Wildman–Crippen LogP) is 1.39. The summed E-state index contributed by atoms with van der Waals surface area (Å²) in [5.74, 6) is 0. The molecule has 0 saturated carbocycles. The second-order valence-corrected chi connectivity index (χ2v) is 7.13. The van der Waals surface area contributed by atoms with Crippen molar-refractivity contribution in [3.05, 3.63) is 20.2 Å². The van der Waals surface area contributed by atoms with Crippen LogP contribution in [0.5, 0.6) is 0 Å². The molecule has 1 aliphatic heterocycles. The molecule has 98 valence electrons. The first-order valence-electron chi connectivity index (χ1n) is 5.13. The second-order valence-electron chi connectivity index (χ2n) is 4.61. The molecule has 0 aromatic carbocycles. The molecule has 0 radical (unpaired) electrons. The molecule has 0 aromatic heterocycles. The quantitative estimate of drug-likeness (QED) is 0.431. The van der Waals surface area contributed by atoms with Crippen LogP contribution in [-0.4, -0.2) is 39.9 Å². The molecule has 17 heavy (non-hydrogen) atoms. The standard InChI is InChI=1S/C8H15N2O6P/c1-4-16-17(15)5-7(2,9(11)12)8(3,6-17)10(13)14/h4-6H2,1-3H3. The van der Waals surface area contributed by atoms with Gasteiger partial charge in [0.15, 0.2) is 0 Å². The van der Waals surface area contributed by atoms with E-state index < -0.39 is 40.6 Å². The fourth-order valence-corrected chi connectivity index (χ4v) is 5.72. The maximum Gasteiger partial charge on any atom is 0.297 e. The van der Waals surface area contributed by atoms with Crippen molar-refractivity contribution in [2.75, 3.05) is 18.9 Å². The first-order valence-corrected chi connectivity index (χ1v) is 7.12. The van der Waals surface area contributed by atoms with Crippen molar-refractivity contribution in [3.8, 4) is 0 Å². The molecule has 2 atom stereocenters. The number of nitro groups is 2. The number of nitrogens with zero attached hydrogens (tertiary/aromatic N) is 2.